The van der Waals surface area contributed by atoms with E-state index >= 15 is 0 Å². The topological polar surface area (TPSA) is 66.6 Å². The first-order valence-electron chi connectivity index (χ1n) is 5.32. The molecule has 0 radical (unpaired) electrons. The molecule has 0 fully saturated rings. The first-order chi connectivity index (χ1) is 7.97. The van der Waals surface area contributed by atoms with Gasteiger partial charge in [0, 0.05) is 24.4 Å². The lowest BCUT2D eigenvalue weighted by molar-refractivity contribution is 0.0757. The predicted octanol–water partition coefficient (Wildman–Crippen LogP) is 1.80. The molecule has 0 saturated heterocycles. The van der Waals surface area contributed by atoms with Gasteiger partial charge in [0.2, 0.25) is 0 Å². The SMILES string of the molecule is CSCC(C)N(C)C(=O)c1ccc(N)c(O)c1. The number of carbonyl (C=O) groups is 1. The molecule has 0 aromatic heterocycles. The van der Waals surface area contributed by atoms with E-state index in [4.69, 9.17) is 5.73 Å². The summed E-state index contributed by atoms with van der Waals surface area (Å²) in [5.74, 6) is 0.715. The number of phenols is 1. The van der Waals surface area contributed by atoms with Gasteiger partial charge in [-0.1, -0.05) is 0 Å². The van der Waals surface area contributed by atoms with Gasteiger partial charge in [-0.2, -0.15) is 11.8 Å². The number of nitrogens with two attached hydrogens (primary N) is 1. The fourth-order valence-corrected chi connectivity index (χ4v) is 2.14. The Morgan fingerprint density at radius 2 is 2.24 bits per heavy atom. The number of amides is 1. The molecule has 0 heterocycles. The fourth-order valence-electron chi connectivity index (χ4n) is 1.43. The summed E-state index contributed by atoms with van der Waals surface area (Å²) in [5.41, 5.74) is 6.22. The third kappa shape index (κ3) is 3.30. The van der Waals surface area contributed by atoms with Crippen LogP contribution in [0.15, 0.2) is 18.2 Å². The minimum atomic E-state index is -0.109. The Labute approximate surface area is 106 Å². The summed E-state index contributed by atoms with van der Waals surface area (Å²) < 4.78 is 0. The molecule has 17 heavy (non-hydrogen) atoms. The molecule has 1 atom stereocenters. The lowest BCUT2D eigenvalue weighted by Gasteiger charge is -2.24. The van der Waals surface area contributed by atoms with Crippen molar-refractivity contribution in [3.8, 4) is 5.75 Å². The highest BCUT2D eigenvalue weighted by molar-refractivity contribution is 7.98. The van der Waals surface area contributed by atoms with Crippen LogP contribution in [0, 0.1) is 0 Å². The normalized spacial score (nSPS) is 12.2. The van der Waals surface area contributed by atoms with Crippen molar-refractivity contribution in [2.24, 2.45) is 0 Å². The fraction of sp³-hybridized carbons (Fsp3) is 0.417. The highest BCUT2D eigenvalue weighted by Gasteiger charge is 2.17. The molecule has 4 nitrogen and oxygen atoms in total. The van der Waals surface area contributed by atoms with Crippen LogP contribution in [-0.4, -0.2) is 41.0 Å². The second-order valence-electron chi connectivity index (χ2n) is 3.99. The van der Waals surface area contributed by atoms with Crippen molar-refractivity contribution in [1.82, 2.24) is 4.90 Å². The van der Waals surface area contributed by atoms with Gasteiger partial charge in [-0.05, 0) is 31.4 Å². The molecule has 1 amide bonds. The quantitative estimate of drug-likeness (QED) is 0.635. The van der Waals surface area contributed by atoms with Crippen molar-refractivity contribution in [1.29, 1.82) is 0 Å². The highest BCUT2D eigenvalue weighted by Crippen LogP contribution is 2.21. The number of carbonyl (C=O) groups excluding carboxylic acids is 1. The van der Waals surface area contributed by atoms with E-state index in [1.54, 1.807) is 29.8 Å². The molecule has 1 aromatic rings. The van der Waals surface area contributed by atoms with Crippen molar-refractivity contribution >= 4 is 23.4 Å². The molecule has 0 aliphatic heterocycles. The number of hydrogen-bond donors (Lipinski definition) is 2. The van der Waals surface area contributed by atoms with Gasteiger partial charge in [-0.15, -0.1) is 0 Å². The average molecular weight is 254 g/mol. The van der Waals surface area contributed by atoms with E-state index in [9.17, 15) is 9.90 Å². The maximum absolute atomic E-state index is 12.1. The van der Waals surface area contributed by atoms with Crippen LogP contribution in [0.3, 0.4) is 0 Å². The molecular weight excluding hydrogens is 236 g/mol. The van der Waals surface area contributed by atoms with E-state index in [0.29, 0.717) is 5.56 Å². The van der Waals surface area contributed by atoms with E-state index in [-0.39, 0.29) is 23.4 Å². The highest BCUT2D eigenvalue weighted by atomic mass is 32.2. The van der Waals surface area contributed by atoms with Gasteiger partial charge in [-0.25, -0.2) is 0 Å². The molecule has 5 heteroatoms. The second kappa shape index (κ2) is 5.82. The van der Waals surface area contributed by atoms with Crippen molar-refractivity contribution in [3.63, 3.8) is 0 Å². The molecule has 0 aliphatic rings. The van der Waals surface area contributed by atoms with Crippen LogP contribution < -0.4 is 5.73 Å². The molecule has 3 N–H and O–H groups in total. The summed E-state index contributed by atoms with van der Waals surface area (Å²) >= 11 is 1.69. The van der Waals surface area contributed by atoms with E-state index in [1.165, 1.54) is 12.1 Å². The number of anilines is 1. The Kier molecular flexibility index (Phi) is 4.69. The summed E-state index contributed by atoms with van der Waals surface area (Å²) in [5, 5.41) is 9.47. The minimum absolute atomic E-state index is 0.0539. The van der Waals surface area contributed by atoms with Gasteiger partial charge in [0.25, 0.3) is 5.91 Å². The standard InChI is InChI=1S/C12H18N2O2S/c1-8(7-17-3)14(2)12(16)9-4-5-10(13)11(15)6-9/h4-6,8,15H,7,13H2,1-3H3. The maximum Gasteiger partial charge on any atom is 0.254 e. The number of rotatable bonds is 4. The van der Waals surface area contributed by atoms with Crippen LogP contribution in [0.1, 0.15) is 17.3 Å². The van der Waals surface area contributed by atoms with Gasteiger partial charge >= 0.3 is 0 Å². The zero-order valence-electron chi connectivity index (χ0n) is 10.3. The molecule has 1 unspecified atom stereocenters. The summed E-state index contributed by atoms with van der Waals surface area (Å²) in [7, 11) is 1.76. The molecule has 0 bridgehead atoms. The Balaban J connectivity index is 2.85. The number of nitrogens with zero attached hydrogens (tertiary/aromatic N) is 1. The van der Waals surface area contributed by atoms with Gasteiger partial charge in [0.1, 0.15) is 5.75 Å². The number of nitrogen functional groups attached to an aromatic ring is 1. The number of benzene rings is 1. The first kappa shape index (κ1) is 13.7. The zero-order valence-corrected chi connectivity index (χ0v) is 11.1. The number of phenolic OH excluding ortho intramolecular Hbond substituents is 1. The van der Waals surface area contributed by atoms with Crippen LogP contribution in [0.2, 0.25) is 0 Å². The maximum atomic E-state index is 12.1. The summed E-state index contributed by atoms with van der Waals surface area (Å²) in [6, 6.07) is 4.71. The van der Waals surface area contributed by atoms with Gasteiger partial charge in [0.15, 0.2) is 0 Å². The van der Waals surface area contributed by atoms with E-state index < -0.39 is 0 Å². The Bertz CT molecular complexity index is 409. The van der Waals surface area contributed by atoms with Crippen LogP contribution in [0.25, 0.3) is 0 Å². The molecule has 0 aliphatic carbocycles. The summed E-state index contributed by atoms with van der Waals surface area (Å²) in [6.07, 6.45) is 2.00. The van der Waals surface area contributed by atoms with E-state index in [0.717, 1.165) is 5.75 Å². The monoisotopic (exact) mass is 254 g/mol. The lowest BCUT2D eigenvalue weighted by atomic mass is 10.1. The van der Waals surface area contributed by atoms with Crippen LogP contribution in [0.5, 0.6) is 5.75 Å². The second-order valence-corrected chi connectivity index (χ2v) is 4.90. The smallest absolute Gasteiger partial charge is 0.254 e. The van der Waals surface area contributed by atoms with Crippen molar-refractivity contribution in [2.45, 2.75) is 13.0 Å². The van der Waals surface area contributed by atoms with Gasteiger partial charge in [0.05, 0.1) is 5.69 Å². The molecule has 94 valence electrons. The van der Waals surface area contributed by atoms with Crippen molar-refractivity contribution in [2.75, 3.05) is 24.8 Å². The molecule has 1 rings (SSSR count). The Morgan fingerprint density at radius 1 is 1.59 bits per heavy atom. The van der Waals surface area contributed by atoms with Crippen LogP contribution in [-0.2, 0) is 0 Å². The molecule has 0 spiro atoms. The van der Waals surface area contributed by atoms with E-state index in [2.05, 4.69) is 0 Å². The Hall–Kier alpha value is -1.36. The van der Waals surface area contributed by atoms with Crippen molar-refractivity contribution < 1.29 is 9.90 Å². The van der Waals surface area contributed by atoms with Crippen LogP contribution in [0.4, 0.5) is 5.69 Å². The van der Waals surface area contributed by atoms with Gasteiger partial charge < -0.3 is 15.7 Å². The zero-order chi connectivity index (χ0) is 13.0. The predicted molar refractivity (Wildman–Crippen MR) is 72.5 cm³/mol. The molecule has 0 saturated carbocycles. The molecule has 1 aromatic carbocycles. The van der Waals surface area contributed by atoms with Crippen molar-refractivity contribution in [3.05, 3.63) is 23.8 Å². The minimum Gasteiger partial charge on any atom is -0.506 e. The lowest BCUT2D eigenvalue weighted by Crippen LogP contribution is -2.36. The third-order valence-electron chi connectivity index (χ3n) is 2.67. The number of aromatic hydroxyl groups is 1. The van der Waals surface area contributed by atoms with E-state index in [1.807, 2.05) is 13.2 Å². The third-order valence-corrected chi connectivity index (χ3v) is 3.48. The average Bonchev–Trinajstić information content (AvgIpc) is 2.31. The number of thioether (sulfide) groups is 1. The molecular formula is C12H18N2O2S. The van der Waals surface area contributed by atoms with Crippen LogP contribution >= 0.6 is 11.8 Å². The van der Waals surface area contributed by atoms with Gasteiger partial charge in [-0.3, -0.25) is 4.79 Å². The largest absolute Gasteiger partial charge is 0.506 e. The Morgan fingerprint density at radius 3 is 2.76 bits per heavy atom. The first-order valence-corrected chi connectivity index (χ1v) is 6.71. The number of hydrogen-bond acceptors (Lipinski definition) is 4. The summed E-state index contributed by atoms with van der Waals surface area (Å²) in [6.45, 7) is 1.99. The summed E-state index contributed by atoms with van der Waals surface area (Å²) in [4.78, 5) is 13.8.